The molecule has 0 unspecified atom stereocenters. The number of hydrogen-bond acceptors (Lipinski definition) is 3. The lowest BCUT2D eigenvalue weighted by atomic mass is 10.8. The van der Waals surface area contributed by atoms with Crippen molar-refractivity contribution in [1.82, 2.24) is 5.32 Å². The smallest absolute Gasteiger partial charge is 0.234 e. The summed E-state index contributed by atoms with van der Waals surface area (Å²) in [5, 5.41) is 3.68. The van der Waals surface area contributed by atoms with Crippen LogP contribution in [0.15, 0.2) is 16.6 Å². The molecule has 1 rings (SSSR count). The molecule has 0 radical (unpaired) electrons. The maximum absolute atomic E-state index is 10.9. The first kappa shape index (κ1) is 7.27. The van der Waals surface area contributed by atoms with Gasteiger partial charge >= 0.3 is 0 Å². The highest BCUT2D eigenvalue weighted by Crippen LogP contribution is 2.00. The molecule has 1 N–H and O–H groups in total. The molecule has 0 fully saturated rings. The molecule has 0 spiro atoms. The van der Waals surface area contributed by atoms with E-state index in [1.807, 2.05) is 0 Å². The second-order valence-electron chi connectivity index (χ2n) is 1.77. The Labute approximate surface area is 59.6 Å². The summed E-state index contributed by atoms with van der Waals surface area (Å²) in [6.45, 7) is 2.26. The van der Waals surface area contributed by atoms with Crippen molar-refractivity contribution < 1.29 is 8.42 Å². The van der Waals surface area contributed by atoms with Crippen molar-refractivity contribution in [2.45, 2.75) is 6.92 Å². The largest absolute Gasteiger partial charge is 0.336 e. The van der Waals surface area contributed by atoms with Gasteiger partial charge in [-0.1, -0.05) is 0 Å². The van der Waals surface area contributed by atoms with E-state index in [9.17, 15) is 8.42 Å². The van der Waals surface area contributed by atoms with Gasteiger partial charge < -0.3 is 5.32 Å². The highest BCUT2D eigenvalue weighted by atomic mass is 32.2. The Morgan fingerprint density at radius 2 is 2.40 bits per heavy atom. The molecule has 1 aliphatic rings. The lowest BCUT2D eigenvalue weighted by Gasteiger charge is -1.93. The molecule has 0 bridgehead atoms. The number of aliphatic imine (C=N–C) groups is 1. The molecule has 1 heterocycles. The maximum atomic E-state index is 10.9. The zero-order valence-electron chi connectivity index (χ0n) is 5.53. The van der Waals surface area contributed by atoms with Crippen LogP contribution in [0.4, 0.5) is 0 Å². The number of amidine groups is 1. The first-order valence-corrected chi connectivity index (χ1v) is 4.44. The van der Waals surface area contributed by atoms with Gasteiger partial charge in [0.2, 0.25) is 15.0 Å². The molecule has 0 saturated heterocycles. The van der Waals surface area contributed by atoms with Crippen LogP contribution in [0.2, 0.25) is 0 Å². The third-order valence-electron chi connectivity index (χ3n) is 1.03. The minimum atomic E-state index is -3.19. The zero-order valence-corrected chi connectivity index (χ0v) is 6.35. The fourth-order valence-electron chi connectivity index (χ4n) is 0.621. The van der Waals surface area contributed by atoms with E-state index in [4.69, 9.17) is 0 Å². The summed E-state index contributed by atoms with van der Waals surface area (Å²) < 4.78 is 21.7. The molecule has 1 aliphatic heterocycles. The molecular weight excluding hydrogens is 152 g/mol. The summed E-state index contributed by atoms with van der Waals surface area (Å²) in [6, 6.07) is 0. The van der Waals surface area contributed by atoms with Crippen LogP contribution in [0.25, 0.3) is 0 Å². The summed E-state index contributed by atoms with van der Waals surface area (Å²) in [4.78, 5) is 3.73. The third-order valence-corrected chi connectivity index (χ3v) is 2.31. The standard InChI is InChI=1S/C5H8N2O2S/c1-2-6-5-7-3-4-10(5,8)9/h3-4H,2H2,1H3,(H,6,7). The van der Waals surface area contributed by atoms with Crippen molar-refractivity contribution in [3.63, 3.8) is 0 Å². The molecule has 0 aliphatic carbocycles. The van der Waals surface area contributed by atoms with Crippen LogP contribution in [-0.2, 0) is 9.84 Å². The van der Waals surface area contributed by atoms with Crippen molar-refractivity contribution in [1.29, 1.82) is 0 Å². The highest BCUT2D eigenvalue weighted by molar-refractivity contribution is 8.09. The molecule has 4 nitrogen and oxygen atoms in total. The minimum absolute atomic E-state index is 0.0509. The summed E-state index contributed by atoms with van der Waals surface area (Å²) >= 11 is 0. The van der Waals surface area contributed by atoms with Crippen LogP contribution in [-0.4, -0.2) is 20.1 Å². The van der Waals surface area contributed by atoms with E-state index in [2.05, 4.69) is 10.3 Å². The molecule has 56 valence electrons. The fourth-order valence-corrected chi connectivity index (χ4v) is 1.54. The predicted molar refractivity (Wildman–Crippen MR) is 39.2 cm³/mol. The van der Waals surface area contributed by atoms with Crippen LogP contribution >= 0.6 is 0 Å². The van der Waals surface area contributed by atoms with Gasteiger partial charge in [0.25, 0.3) is 0 Å². The Kier molecular flexibility index (Phi) is 1.76. The normalized spacial score (nSPS) is 25.1. The number of nitrogens with zero attached hydrogens (tertiary/aromatic N) is 1. The van der Waals surface area contributed by atoms with Crippen molar-refractivity contribution in [3.05, 3.63) is 11.6 Å². The molecular formula is C5H8N2O2S. The quantitative estimate of drug-likeness (QED) is 0.580. The van der Waals surface area contributed by atoms with Gasteiger partial charge in [-0.05, 0) is 6.92 Å². The van der Waals surface area contributed by atoms with E-state index >= 15 is 0 Å². The van der Waals surface area contributed by atoms with Crippen molar-refractivity contribution in [2.24, 2.45) is 4.99 Å². The Hall–Kier alpha value is -0.840. The molecule has 5 heteroatoms. The van der Waals surface area contributed by atoms with Crippen LogP contribution in [0.1, 0.15) is 6.92 Å². The molecule has 0 aromatic heterocycles. The molecule has 0 atom stereocenters. The van der Waals surface area contributed by atoms with Crippen molar-refractivity contribution in [2.75, 3.05) is 6.54 Å². The summed E-state index contributed by atoms with van der Waals surface area (Å²) in [6.07, 6.45) is 1.36. The van der Waals surface area contributed by atoms with Gasteiger partial charge in [0.05, 0.1) is 5.41 Å². The van der Waals surface area contributed by atoms with E-state index < -0.39 is 9.84 Å². The van der Waals surface area contributed by atoms with E-state index in [1.54, 1.807) is 6.92 Å². The number of nitrogens with one attached hydrogen (secondary N) is 1. The number of rotatable bonds is 1. The van der Waals surface area contributed by atoms with Crippen molar-refractivity contribution in [3.8, 4) is 0 Å². The third kappa shape index (κ3) is 1.18. The van der Waals surface area contributed by atoms with Crippen molar-refractivity contribution >= 4 is 15.0 Å². The monoisotopic (exact) mass is 160 g/mol. The van der Waals surface area contributed by atoms with Crippen LogP contribution in [0.3, 0.4) is 0 Å². The van der Waals surface area contributed by atoms with Gasteiger partial charge in [0, 0.05) is 12.7 Å². The highest BCUT2D eigenvalue weighted by Gasteiger charge is 2.19. The molecule has 0 aromatic rings. The number of hydrogen-bond donors (Lipinski definition) is 1. The van der Waals surface area contributed by atoms with Crippen LogP contribution in [0.5, 0.6) is 0 Å². The Bertz CT molecular complexity index is 276. The van der Waals surface area contributed by atoms with Gasteiger partial charge in [-0.2, -0.15) is 0 Å². The molecule has 0 saturated carbocycles. The van der Waals surface area contributed by atoms with E-state index in [1.165, 1.54) is 6.20 Å². The predicted octanol–water partition coefficient (Wildman–Crippen LogP) is -0.148. The SMILES string of the molecule is CCN=C1NC=CS1(=O)=O. The molecule has 0 amide bonds. The van der Waals surface area contributed by atoms with Crippen LogP contribution < -0.4 is 5.32 Å². The summed E-state index contributed by atoms with van der Waals surface area (Å²) in [5.74, 6) is 0. The Balaban J connectivity index is 2.97. The Morgan fingerprint density at radius 3 is 2.80 bits per heavy atom. The first-order chi connectivity index (χ1) is 4.67. The Morgan fingerprint density at radius 1 is 1.70 bits per heavy atom. The van der Waals surface area contributed by atoms with Crippen LogP contribution in [0, 0.1) is 0 Å². The summed E-state index contributed by atoms with van der Waals surface area (Å²) in [7, 11) is -3.19. The molecule has 10 heavy (non-hydrogen) atoms. The molecule has 0 aromatic carbocycles. The van der Waals surface area contributed by atoms with E-state index in [0.29, 0.717) is 6.54 Å². The average Bonchev–Trinajstić information content (AvgIpc) is 2.13. The maximum Gasteiger partial charge on any atom is 0.234 e. The summed E-state index contributed by atoms with van der Waals surface area (Å²) in [5.41, 5.74) is 0. The minimum Gasteiger partial charge on any atom is -0.336 e. The first-order valence-electron chi connectivity index (χ1n) is 2.89. The van der Waals surface area contributed by atoms with E-state index in [-0.39, 0.29) is 5.17 Å². The van der Waals surface area contributed by atoms with E-state index in [0.717, 1.165) is 5.41 Å². The van der Waals surface area contributed by atoms with Gasteiger partial charge in [-0.15, -0.1) is 0 Å². The number of sulfone groups is 1. The topological polar surface area (TPSA) is 58.5 Å². The van der Waals surface area contributed by atoms with Gasteiger partial charge in [0.15, 0.2) is 0 Å². The second-order valence-corrected chi connectivity index (χ2v) is 3.52. The lowest BCUT2D eigenvalue weighted by Crippen LogP contribution is -2.19. The average molecular weight is 160 g/mol. The van der Waals surface area contributed by atoms with Gasteiger partial charge in [-0.25, -0.2) is 8.42 Å². The van der Waals surface area contributed by atoms with Gasteiger partial charge in [0.1, 0.15) is 0 Å². The fraction of sp³-hybridized carbons (Fsp3) is 0.400. The second kappa shape index (κ2) is 2.42. The lowest BCUT2D eigenvalue weighted by molar-refractivity contribution is 0.615. The zero-order chi connectivity index (χ0) is 7.61. The van der Waals surface area contributed by atoms with Gasteiger partial charge in [-0.3, -0.25) is 4.99 Å².